The zero-order valence-electron chi connectivity index (χ0n) is 11.0. The highest BCUT2D eigenvalue weighted by atomic mass is 35.5. The van der Waals surface area contributed by atoms with Crippen LogP contribution in [0.2, 0.25) is 5.02 Å². The van der Waals surface area contributed by atoms with Gasteiger partial charge < -0.3 is 10.5 Å². The van der Waals surface area contributed by atoms with Crippen LogP contribution in [0.5, 0.6) is 0 Å². The number of nitrogens with two attached hydrogens (primary N) is 1. The van der Waals surface area contributed by atoms with E-state index in [1.54, 1.807) is 0 Å². The fourth-order valence-electron chi connectivity index (χ4n) is 2.72. The molecule has 2 atom stereocenters. The highest BCUT2D eigenvalue weighted by molar-refractivity contribution is 6.31. The second-order valence-corrected chi connectivity index (χ2v) is 5.20. The van der Waals surface area contributed by atoms with E-state index in [0.717, 1.165) is 30.0 Å². The maximum Gasteiger partial charge on any atom is 0.404 e. The van der Waals surface area contributed by atoms with E-state index < -0.39 is 6.09 Å². The Hall–Kier alpha value is -1.26. The topological polar surface area (TPSA) is 55.6 Å². The van der Waals surface area contributed by atoms with Gasteiger partial charge in [0.2, 0.25) is 0 Å². The summed E-state index contributed by atoms with van der Waals surface area (Å²) in [7, 11) is 0. The third-order valence-corrected chi connectivity index (χ3v) is 3.90. The van der Waals surface area contributed by atoms with E-state index in [4.69, 9.17) is 22.1 Å². The zero-order chi connectivity index (χ0) is 13.8. The summed E-state index contributed by atoms with van der Waals surface area (Å²) in [4.78, 5) is 13.1. The van der Waals surface area contributed by atoms with Crippen LogP contribution >= 0.6 is 11.6 Å². The number of carbonyl (C=O) groups is 1. The Balaban J connectivity index is 2.08. The van der Waals surface area contributed by atoms with E-state index in [-0.39, 0.29) is 12.1 Å². The summed E-state index contributed by atoms with van der Waals surface area (Å²) in [5.74, 6) is 0. The van der Waals surface area contributed by atoms with Gasteiger partial charge in [0, 0.05) is 24.2 Å². The molecule has 1 heterocycles. The minimum absolute atomic E-state index is 0.103. The van der Waals surface area contributed by atoms with Crippen molar-refractivity contribution in [1.29, 1.82) is 0 Å². The Morgan fingerprint density at radius 2 is 2.32 bits per heavy atom. The highest BCUT2D eigenvalue weighted by Crippen LogP contribution is 2.32. The van der Waals surface area contributed by atoms with Gasteiger partial charge in [0.05, 0.1) is 0 Å². The standard InChI is InChI=1S/C14H19ClN2O2/c1-2-13(11-5-3-4-6-12(11)15)17-8-7-10(9-17)19-14(16)18/h3-6,10,13H,2,7-9H2,1H3,(H2,16,18)/t10?,13-/m0/s1. The van der Waals surface area contributed by atoms with Gasteiger partial charge in [-0.25, -0.2) is 4.79 Å². The largest absolute Gasteiger partial charge is 0.445 e. The number of amides is 1. The lowest BCUT2D eigenvalue weighted by molar-refractivity contribution is 0.104. The Labute approximate surface area is 118 Å². The first-order valence-corrected chi connectivity index (χ1v) is 6.94. The Kier molecular flexibility index (Phi) is 4.66. The van der Waals surface area contributed by atoms with Gasteiger partial charge in [-0.1, -0.05) is 36.7 Å². The maximum absolute atomic E-state index is 10.8. The van der Waals surface area contributed by atoms with Gasteiger partial charge in [-0.3, -0.25) is 4.90 Å². The van der Waals surface area contributed by atoms with E-state index in [2.05, 4.69) is 17.9 Å². The summed E-state index contributed by atoms with van der Waals surface area (Å²) in [6.45, 7) is 3.74. The summed E-state index contributed by atoms with van der Waals surface area (Å²) in [5, 5.41) is 0.786. The first kappa shape index (κ1) is 14.2. The number of hydrogen-bond acceptors (Lipinski definition) is 3. The van der Waals surface area contributed by atoms with Crippen molar-refractivity contribution >= 4 is 17.7 Å². The van der Waals surface area contributed by atoms with Crippen LogP contribution in [0.3, 0.4) is 0 Å². The Morgan fingerprint density at radius 3 is 2.95 bits per heavy atom. The molecule has 0 aromatic heterocycles. The number of rotatable bonds is 4. The highest BCUT2D eigenvalue weighted by Gasteiger charge is 2.30. The third-order valence-electron chi connectivity index (χ3n) is 3.55. The minimum Gasteiger partial charge on any atom is -0.445 e. The van der Waals surface area contributed by atoms with Crippen LogP contribution in [-0.2, 0) is 4.74 Å². The number of primary amides is 1. The van der Waals surface area contributed by atoms with Crippen molar-refractivity contribution in [2.75, 3.05) is 13.1 Å². The first-order valence-electron chi connectivity index (χ1n) is 6.56. The predicted octanol–water partition coefficient (Wildman–Crippen LogP) is 2.96. The number of likely N-dealkylation sites (tertiary alicyclic amines) is 1. The number of benzene rings is 1. The molecule has 4 nitrogen and oxygen atoms in total. The van der Waals surface area contributed by atoms with Crippen LogP contribution in [0.1, 0.15) is 31.4 Å². The van der Waals surface area contributed by atoms with Gasteiger partial charge in [0.15, 0.2) is 0 Å². The van der Waals surface area contributed by atoms with Crippen molar-refractivity contribution in [2.24, 2.45) is 5.73 Å². The Morgan fingerprint density at radius 1 is 1.58 bits per heavy atom. The quantitative estimate of drug-likeness (QED) is 0.924. The lowest BCUT2D eigenvalue weighted by atomic mass is 10.0. The maximum atomic E-state index is 10.8. The van der Waals surface area contributed by atoms with Gasteiger partial charge >= 0.3 is 6.09 Å². The summed E-state index contributed by atoms with van der Waals surface area (Å²) in [6, 6.07) is 8.15. The molecule has 104 valence electrons. The van der Waals surface area contributed by atoms with Gasteiger partial charge in [0.1, 0.15) is 6.10 Å². The van der Waals surface area contributed by atoms with Gasteiger partial charge in [-0.15, -0.1) is 0 Å². The molecule has 1 amide bonds. The smallest absolute Gasteiger partial charge is 0.404 e. The lowest BCUT2D eigenvalue weighted by Crippen LogP contribution is -2.30. The molecule has 19 heavy (non-hydrogen) atoms. The molecule has 1 aliphatic rings. The number of nitrogens with zero attached hydrogens (tertiary/aromatic N) is 1. The van der Waals surface area contributed by atoms with Gasteiger partial charge in [-0.2, -0.15) is 0 Å². The van der Waals surface area contributed by atoms with Crippen molar-refractivity contribution in [2.45, 2.75) is 31.9 Å². The normalized spacial score (nSPS) is 21.3. The first-order chi connectivity index (χ1) is 9.11. The molecule has 5 heteroatoms. The molecular weight excluding hydrogens is 264 g/mol. The van der Waals surface area contributed by atoms with Crippen LogP contribution in [0.25, 0.3) is 0 Å². The van der Waals surface area contributed by atoms with Crippen LogP contribution < -0.4 is 5.73 Å². The third kappa shape index (κ3) is 3.39. The molecule has 1 saturated heterocycles. The van der Waals surface area contributed by atoms with Gasteiger partial charge in [0.25, 0.3) is 0 Å². The van der Waals surface area contributed by atoms with Crippen LogP contribution in [0.4, 0.5) is 4.79 Å². The summed E-state index contributed by atoms with van der Waals surface area (Å²) < 4.78 is 5.07. The van der Waals surface area contributed by atoms with E-state index in [0.29, 0.717) is 6.54 Å². The minimum atomic E-state index is -0.697. The van der Waals surface area contributed by atoms with Crippen molar-refractivity contribution in [3.63, 3.8) is 0 Å². The molecule has 1 fully saturated rings. The van der Waals surface area contributed by atoms with Crippen LogP contribution in [0, 0.1) is 0 Å². The molecule has 1 aromatic rings. The second kappa shape index (κ2) is 6.26. The molecule has 2 N–H and O–H groups in total. The number of ether oxygens (including phenoxy) is 1. The molecule has 0 spiro atoms. The Bertz CT molecular complexity index is 453. The summed E-state index contributed by atoms with van der Waals surface area (Å²) >= 11 is 6.26. The monoisotopic (exact) mass is 282 g/mol. The number of carbonyl (C=O) groups excluding carboxylic acids is 1. The SMILES string of the molecule is CC[C@@H](c1ccccc1Cl)N1CCC(OC(N)=O)C1. The molecule has 1 aliphatic heterocycles. The lowest BCUT2D eigenvalue weighted by Gasteiger charge is -2.27. The molecule has 0 bridgehead atoms. The van der Waals surface area contributed by atoms with E-state index in [9.17, 15) is 4.79 Å². The van der Waals surface area contributed by atoms with Crippen molar-refractivity contribution in [3.8, 4) is 0 Å². The second-order valence-electron chi connectivity index (χ2n) is 4.79. The molecule has 1 aromatic carbocycles. The predicted molar refractivity (Wildman–Crippen MR) is 75.1 cm³/mol. The average Bonchev–Trinajstić information content (AvgIpc) is 2.80. The number of halogens is 1. The average molecular weight is 283 g/mol. The van der Waals surface area contributed by atoms with Gasteiger partial charge in [-0.05, 0) is 24.5 Å². The van der Waals surface area contributed by atoms with E-state index in [1.807, 2.05) is 18.2 Å². The fourth-order valence-corrected chi connectivity index (χ4v) is 2.98. The van der Waals surface area contributed by atoms with Crippen LogP contribution in [0.15, 0.2) is 24.3 Å². The zero-order valence-corrected chi connectivity index (χ0v) is 11.8. The van der Waals surface area contributed by atoms with Crippen molar-refractivity contribution in [1.82, 2.24) is 4.90 Å². The molecule has 1 unspecified atom stereocenters. The van der Waals surface area contributed by atoms with E-state index in [1.165, 1.54) is 0 Å². The molecule has 0 saturated carbocycles. The van der Waals surface area contributed by atoms with E-state index >= 15 is 0 Å². The molecule has 0 radical (unpaired) electrons. The number of hydrogen-bond donors (Lipinski definition) is 1. The molecular formula is C14H19ClN2O2. The summed E-state index contributed by atoms with van der Waals surface area (Å²) in [5.41, 5.74) is 6.19. The van der Waals surface area contributed by atoms with Crippen LogP contribution in [-0.4, -0.2) is 30.2 Å². The molecule has 0 aliphatic carbocycles. The fraction of sp³-hybridized carbons (Fsp3) is 0.500. The summed E-state index contributed by atoms with van der Waals surface area (Å²) in [6.07, 6.45) is 0.989. The molecule has 2 rings (SSSR count). The van der Waals surface area contributed by atoms with Crippen molar-refractivity contribution < 1.29 is 9.53 Å². The van der Waals surface area contributed by atoms with Crippen molar-refractivity contribution in [3.05, 3.63) is 34.9 Å².